The smallest absolute Gasteiger partial charge is 0.414 e. The molecule has 0 atom stereocenters. The number of carboxylic acid groups (broad SMARTS) is 2. The number of hydrogen-bond donors (Lipinski definition) is 2. The minimum Gasteiger partial charge on any atom is -0.473 e. The van der Waals surface area contributed by atoms with Gasteiger partial charge in [-0.15, -0.1) is 0 Å². The van der Waals surface area contributed by atoms with Crippen LogP contribution in [-0.2, 0) is 43.7 Å². The van der Waals surface area contributed by atoms with Gasteiger partial charge in [-0.2, -0.15) is 0 Å². The van der Waals surface area contributed by atoms with E-state index in [0.29, 0.717) is 0 Å². The summed E-state index contributed by atoms with van der Waals surface area (Å²) in [4.78, 5) is 18.2. The van der Waals surface area contributed by atoms with Crippen LogP contribution in [0.2, 0.25) is 0 Å². The van der Waals surface area contributed by atoms with Gasteiger partial charge in [0.2, 0.25) is 0 Å². The van der Waals surface area contributed by atoms with E-state index in [1.165, 1.54) is 0 Å². The molecule has 66 valence electrons. The van der Waals surface area contributed by atoms with E-state index in [0.717, 1.165) is 0 Å². The third-order valence-electron chi connectivity index (χ3n) is 0.183. The minimum atomic E-state index is -1.82. The summed E-state index contributed by atoms with van der Waals surface area (Å²) in [5, 5.41) is 14.8. The first kappa shape index (κ1) is 32.7. The fourth-order valence-corrected chi connectivity index (χ4v) is 0. The van der Waals surface area contributed by atoms with Gasteiger partial charge in [-0.1, -0.05) is 0 Å². The summed E-state index contributed by atoms with van der Waals surface area (Å²) >= 11 is 0. The van der Waals surface area contributed by atoms with Crippen molar-refractivity contribution >= 4 is 11.9 Å². The maximum absolute atomic E-state index is 9.10. The van der Waals surface area contributed by atoms with Gasteiger partial charge in [-0.25, -0.2) is 9.59 Å². The van der Waals surface area contributed by atoms with E-state index in [-0.39, 0.29) is 45.1 Å². The summed E-state index contributed by atoms with van der Waals surface area (Å²) < 4.78 is 0. The molecule has 0 bridgehead atoms. The van der Waals surface area contributed by atoms with Gasteiger partial charge in [0.05, 0.1) is 0 Å². The predicted octanol–water partition coefficient (Wildman–Crippen LogP) is -2.50. The van der Waals surface area contributed by atoms with Crippen molar-refractivity contribution < 1.29 is 64.9 Å². The SMILES string of the molecule is O.O.O=C(O)C(=O)O.[Fe].[Fe]. The van der Waals surface area contributed by atoms with Crippen molar-refractivity contribution in [1.82, 2.24) is 0 Å². The average Bonchev–Trinajstić information content (AvgIpc) is 1.36. The van der Waals surface area contributed by atoms with E-state index in [2.05, 4.69) is 0 Å². The van der Waals surface area contributed by atoms with Crippen molar-refractivity contribution in [1.29, 1.82) is 0 Å². The molecule has 0 saturated carbocycles. The van der Waals surface area contributed by atoms with Crippen molar-refractivity contribution in [3.05, 3.63) is 0 Å². The van der Waals surface area contributed by atoms with Crippen LogP contribution >= 0.6 is 0 Å². The Bertz CT molecular complexity index is 79.7. The Kier molecular flexibility index (Phi) is 52.1. The third kappa shape index (κ3) is 24.7. The van der Waals surface area contributed by atoms with Gasteiger partial charge in [-0.05, 0) is 0 Å². The quantitative estimate of drug-likeness (QED) is 0.355. The molecule has 0 aromatic carbocycles. The molecule has 0 aliphatic rings. The van der Waals surface area contributed by atoms with E-state index < -0.39 is 11.9 Å². The van der Waals surface area contributed by atoms with E-state index >= 15 is 0 Å². The molecule has 0 aliphatic heterocycles. The topological polar surface area (TPSA) is 138 Å². The zero-order valence-electron chi connectivity index (χ0n) is 4.42. The van der Waals surface area contributed by atoms with Crippen LogP contribution in [0.3, 0.4) is 0 Å². The summed E-state index contributed by atoms with van der Waals surface area (Å²) in [5.74, 6) is -3.65. The van der Waals surface area contributed by atoms with Crippen LogP contribution in [0, 0.1) is 0 Å². The summed E-state index contributed by atoms with van der Waals surface area (Å²) in [5.41, 5.74) is 0. The van der Waals surface area contributed by atoms with Crippen molar-refractivity contribution in [2.75, 3.05) is 0 Å². The Labute approximate surface area is 77.2 Å². The molecule has 0 unspecified atom stereocenters. The van der Waals surface area contributed by atoms with E-state index in [4.69, 9.17) is 19.8 Å². The molecule has 0 aromatic heterocycles. The summed E-state index contributed by atoms with van der Waals surface area (Å²) in [6.07, 6.45) is 0. The minimum absolute atomic E-state index is 0. The van der Waals surface area contributed by atoms with Crippen molar-refractivity contribution in [2.45, 2.75) is 0 Å². The number of carboxylic acids is 2. The number of hydrogen-bond acceptors (Lipinski definition) is 2. The number of rotatable bonds is 0. The van der Waals surface area contributed by atoms with Gasteiger partial charge in [-0.3, -0.25) is 0 Å². The molecule has 0 aliphatic carbocycles. The van der Waals surface area contributed by atoms with Crippen LogP contribution < -0.4 is 0 Å². The molecule has 0 amide bonds. The monoisotopic (exact) mass is 238 g/mol. The average molecular weight is 238 g/mol. The molecule has 0 aromatic rings. The Morgan fingerprint density at radius 3 is 0.900 bits per heavy atom. The maximum Gasteiger partial charge on any atom is 0.414 e. The van der Waals surface area contributed by atoms with Gasteiger partial charge in [0.1, 0.15) is 0 Å². The van der Waals surface area contributed by atoms with Crippen LogP contribution in [0.15, 0.2) is 0 Å². The first-order valence-corrected chi connectivity index (χ1v) is 1.11. The van der Waals surface area contributed by atoms with Crippen molar-refractivity contribution in [3.8, 4) is 0 Å². The van der Waals surface area contributed by atoms with Gasteiger partial charge >= 0.3 is 11.9 Å². The first-order chi connectivity index (χ1) is 2.64. The number of carbonyl (C=O) groups is 2. The van der Waals surface area contributed by atoms with Crippen LogP contribution in [-0.4, -0.2) is 33.1 Å². The molecular weight excluding hydrogens is 232 g/mol. The Morgan fingerprint density at radius 2 is 0.900 bits per heavy atom. The normalized spacial score (nSPS) is 4.40. The molecular formula is C2H6Fe2O6. The Balaban J connectivity index is -0.0000000208. The molecule has 10 heavy (non-hydrogen) atoms. The number of aliphatic carboxylic acids is 2. The molecule has 0 radical (unpaired) electrons. The Morgan fingerprint density at radius 1 is 0.800 bits per heavy atom. The van der Waals surface area contributed by atoms with Crippen molar-refractivity contribution in [2.24, 2.45) is 0 Å². The van der Waals surface area contributed by atoms with Crippen LogP contribution in [0.4, 0.5) is 0 Å². The van der Waals surface area contributed by atoms with Gasteiger partial charge in [0.25, 0.3) is 0 Å². The summed E-state index contributed by atoms with van der Waals surface area (Å²) in [6.45, 7) is 0. The molecule has 0 fully saturated rings. The van der Waals surface area contributed by atoms with Crippen LogP contribution in [0.1, 0.15) is 0 Å². The van der Waals surface area contributed by atoms with Crippen LogP contribution in [0.5, 0.6) is 0 Å². The largest absolute Gasteiger partial charge is 0.473 e. The molecule has 0 rings (SSSR count). The second-order valence-corrected chi connectivity index (χ2v) is 0.610. The summed E-state index contributed by atoms with van der Waals surface area (Å²) in [6, 6.07) is 0. The second-order valence-electron chi connectivity index (χ2n) is 0.610. The first-order valence-electron chi connectivity index (χ1n) is 1.11. The molecule has 6 nitrogen and oxygen atoms in total. The van der Waals surface area contributed by atoms with Gasteiger partial charge < -0.3 is 21.2 Å². The van der Waals surface area contributed by atoms with Crippen molar-refractivity contribution in [3.63, 3.8) is 0 Å². The van der Waals surface area contributed by atoms with Gasteiger partial charge in [0, 0.05) is 34.1 Å². The Hall–Kier alpha value is -0.101. The standard InChI is InChI=1S/C2H2O4.2Fe.2H2O/c3-1(4)2(5)6;;;;/h(H,3,4)(H,5,6);;;2*1H2. The van der Waals surface area contributed by atoms with E-state index in [1.54, 1.807) is 0 Å². The fourth-order valence-electron chi connectivity index (χ4n) is 0. The molecule has 8 heteroatoms. The third-order valence-corrected chi connectivity index (χ3v) is 0.183. The zero-order chi connectivity index (χ0) is 5.15. The van der Waals surface area contributed by atoms with E-state index in [9.17, 15) is 0 Å². The molecule has 6 N–H and O–H groups in total. The molecule has 0 saturated heterocycles. The van der Waals surface area contributed by atoms with E-state index in [1.807, 2.05) is 0 Å². The zero-order valence-corrected chi connectivity index (χ0v) is 6.63. The van der Waals surface area contributed by atoms with Gasteiger partial charge in [0.15, 0.2) is 0 Å². The molecule has 0 spiro atoms. The second kappa shape index (κ2) is 16.0. The maximum atomic E-state index is 9.10. The predicted molar refractivity (Wildman–Crippen MR) is 22.5 cm³/mol. The fraction of sp³-hybridized carbons (Fsp3) is 0. The summed E-state index contributed by atoms with van der Waals surface area (Å²) in [7, 11) is 0. The molecule has 0 heterocycles. The van der Waals surface area contributed by atoms with Crippen LogP contribution in [0.25, 0.3) is 0 Å².